The van der Waals surface area contributed by atoms with Gasteiger partial charge in [-0.15, -0.1) is 0 Å². The molecule has 1 fully saturated rings. The third-order valence-corrected chi connectivity index (χ3v) is 4.35. The number of rotatable bonds is 5. The summed E-state index contributed by atoms with van der Waals surface area (Å²) < 4.78 is 39.6. The van der Waals surface area contributed by atoms with Crippen LogP contribution >= 0.6 is 0 Å². The van der Waals surface area contributed by atoms with Crippen molar-refractivity contribution in [3.8, 4) is 0 Å². The van der Waals surface area contributed by atoms with Crippen molar-refractivity contribution in [2.75, 3.05) is 6.54 Å². The first-order chi connectivity index (χ1) is 9.06. The first kappa shape index (κ1) is 14.4. The summed E-state index contributed by atoms with van der Waals surface area (Å²) in [4.78, 5) is 0. The van der Waals surface area contributed by atoms with Crippen LogP contribution in [0.5, 0.6) is 0 Å². The first-order valence-electron chi connectivity index (χ1n) is 6.90. The molecule has 1 aliphatic carbocycles. The molecule has 0 radical (unpaired) electrons. The van der Waals surface area contributed by atoms with Crippen molar-refractivity contribution in [1.29, 1.82) is 0 Å². The molecule has 0 unspecified atom stereocenters. The van der Waals surface area contributed by atoms with Crippen molar-refractivity contribution in [2.24, 2.45) is 11.1 Å². The van der Waals surface area contributed by atoms with Gasteiger partial charge in [0.05, 0.1) is 0 Å². The summed E-state index contributed by atoms with van der Waals surface area (Å²) in [5, 5.41) is 0. The second-order valence-electron chi connectivity index (χ2n) is 5.60. The van der Waals surface area contributed by atoms with E-state index in [0.717, 1.165) is 31.7 Å². The molecule has 0 spiro atoms. The van der Waals surface area contributed by atoms with Crippen LogP contribution < -0.4 is 5.73 Å². The average molecular weight is 271 g/mol. The minimum Gasteiger partial charge on any atom is -0.330 e. The lowest BCUT2D eigenvalue weighted by atomic mass is 9.77. The Bertz CT molecular complexity index is 439. The van der Waals surface area contributed by atoms with Gasteiger partial charge >= 0.3 is 0 Å². The smallest absolute Gasteiger partial charge is 0.161 e. The lowest BCUT2D eigenvalue weighted by Crippen LogP contribution is -2.22. The van der Waals surface area contributed by atoms with Crippen LogP contribution in [0.15, 0.2) is 12.1 Å². The Labute approximate surface area is 112 Å². The van der Waals surface area contributed by atoms with Crippen LogP contribution in [0.2, 0.25) is 0 Å². The van der Waals surface area contributed by atoms with E-state index in [1.807, 2.05) is 0 Å². The van der Waals surface area contributed by atoms with Crippen LogP contribution in [-0.2, 0) is 6.42 Å². The molecule has 0 aromatic heterocycles. The zero-order chi connectivity index (χ0) is 13.9. The van der Waals surface area contributed by atoms with E-state index in [9.17, 15) is 13.2 Å². The fraction of sp³-hybridized carbons (Fsp3) is 0.600. The monoisotopic (exact) mass is 271 g/mol. The highest BCUT2D eigenvalue weighted by Crippen LogP contribution is 2.44. The normalized spacial score (nSPS) is 17.9. The van der Waals surface area contributed by atoms with Gasteiger partial charge in [0, 0.05) is 6.07 Å². The molecule has 0 heterocycles. The lowest BCUT2D eigenvalue weighted by molar-refractivity contribution is 0.252. The minimum absolute atomic E-state index is 0.173. The summed E-state index contributed by atoms with van der Waals surface area (Å²) in [6.45, 7) is 0.625. The summed E-state index contributed by atoms with van der Waals surface area (Å²) in [5.74, 6) is -2.76. The van der Waals surface area contributed by atoms with Gasteiger partial charge in [-0.2, -0.15) is 0 Å². The third-order valence-electron chi connectivity index (χ3n) is 4.35. The second-order valence-corrected chi connectivity index (χ2v) is 5.60. The van der Waals surface area contributed by atoms with Gasteiger partial charge in [0.25, 0.3) is 0 Å². The highest BCUT2D eigenvalue weighted by molar-refractivity contribution is 5.20. The number of halogens is 3. The summed E-state index contributed by atoms with van der Waals surface area (Å²) >= 11 is 0. The van der Waals surface area contributed by atoms with Crippen molar-refractivity contribution in [1.82, 2.24) is 0 Å². The van der Waals surface area contributed by atoms with Gasteiger partial charge in [0.1, 0.15) is 5.82 Å². The van der Waals surface area contributed by atoms with Gasteiger partial charge in [0.15, 0.2) is 11.6 Å². The summed E-state index contributed by atoms with van der Waals surface area (Å²) in [7, 11) is 0. The molecule has 0 atom stereocenters. The van der Waals surface area contributed by atoms with E-state index in [-0.39, 0.29) is 11.0 Å². The van der Waals surface area contributed by atoms with Gasteiger partial charge in [-0.3, -0.25) is 0 Å². The number of hydrogen-bond acceptors (Lipinski definition) is 1. The van der Waals surface area contributed by atoms with Gasteiger partial charge in [-0.1, -0.05) is 12.8 Å². The van der Waals surface area contributed by atoms with E-state index >= 15 is 0 Å². The number of aryl methyl sites for hydroxylation is 1. The van der Waals surface area contributed by atoms with Crippen LogP contribution in [0.1, 0.15) is 44.1 Å². The fourth-order valence-electron chi connectivity index (χ4n) is 3.21. The molecule has 1 aromatic rings. The van der Waals surface area contributed by atoms with Crippen molar-refractivity contribution < 1.29 is 13.2 Å². The Morgan fingerprint density at radius 3 is 2.21 bits per heavy atom. The highest BCUT2D eigenvalue weighted by atomic mass is 19.2. The predicted molar refractivity (Wildman–Crippen MR) is 69.2 cm³/mol. The number of hydrogen-bond donors (Lipinski definition) is 1. The van der Waals surface area contributed by atoms with E-state index in [2.05, 4.69) is 0 Å². The van der Waals surface area contributed by atoms with E-state index in [4.69, 9.17) is 5.73 Å². The molecule has 4 heteroatoms. The van der Waals surface area contributed by atoms with Crippen molar-refractivity contribution >= 4 is 0 Å². The Morgan fingerprint density at radius 2 is 1.58 bits per heavy atom. The molecule has 1 aromatic carbocycles. The maximum Gasteiger partial charge on any atom is 0.161 e. The molecule has 106 valence electrons. The summed E-state index contributed by atoms with van der Waals surface area (Å²) in [5.41, 5.74) is 6.09. The molecule has 0 amide bonds. The summed E-state index contributed by atoms with van der Waals surface area (Å²) in [6, 6.07) is 1.62. The van der Waals surface area contributed by atoms with E-state index in [1.54, 1.807) is 0 Å². The fourth-order valence-corrected chi connectivity index (χ4v) is 3.21. The largest absolute Gasteiger partial charge is 0.330 e. The second kappa shape index (κ2) is 5.95. The molecule has 0 saturated heterocycles. The molecule has 0 bridgehead atoms. The van der Waals surface area contributed by atoms with E-state index in [1.165, 1.54) is 12.8 Å². The van der Waals surface area contributed by atoms with Crippen molar-refractivity contribution in [3.63, 3.8) is 0 Å². The van der Waals surface area contributed by atoms with Gasteiger partial charge in [-0.25, -0.2) is 13.2 Å². The van der Waals surface area contributed by atoms with Crippen LogP contribution in [0, 0.1) is 22.9 Å². The number of nitrogens with two attached hydrogens (primary N) is 1. The molecule has 1 aliphatic rings. The molecular formula is C15H20F3N. The topological polar surface area (TPSA) is 26.0 Å². The first-order valence-corrected chi connectivity index (χ1v) is 6.90. The molecule has 2 N–H and O–H groups in total. The Morgan fingerprint density at radius 1 is 0.947 bits per heavy atom. The van der Waals surface area contributed by atoms with Crippen molar-refractivity contribution in [3.05, 3.63) is 35.1 Å². The maximum absolute atomic E-state index is 13.6. The zero-order valence-corrected chi connectivity index (χ0v) is 11.0. The molecule has 2 rings (SSSR count). The average Bonchev–Trinajstić information content (AvgIpc) is 2.82. The van der Waals surface area contributed by atoms with Gasteiger partial charge in [-0.05, 0) is 55.7 Å². The van der Waals surface area contributed by atoms with Gasteiger partial charge < -0.3 is 5.73 Å². The Hall–Kier alpha value is -1.03. The van der Waals surface area contributed by atoms with Crippen LogP contribution in [0.3, 0.4) is 0 Å². The van der Waals surface area contributed by atoms with Crippen LogP contribution in [0.4, 0.5) is 13.2 Å². The van der Waals surface area contributed by atoms with Crippen LogP contribution in [-0.4, -0.2) is 6.54 Å². The standard InChI is InChI=1S/C15H20F3N/c16-12-10-14(18)13(17)9-11(12)3-6-15(7-8-19)4-1-2-5-15/h9-10H,1-8,19H2. The third kappa shape index (κ3) is 3.30. The molecule has 0 aliphatic heterocycles. The quantitative estimate of drug-likeness (QED) is 0.806. The Balaban J connectivity index is 2.07. The maximum atomic E-state index is 13.6. The molecule has 1 nitrogen and oxygen atoms in total. The van der Waals surface area contributed by atoms with E-state index < -0.39 is 17.5 Å². The Kier molecular flexibility index (Phi) is 4.50. The SMILES string of the molecule is NCCC1(CCc2cc(F)c(F)cc2F)CCCC1. The van der Waals surface area contributed by atoms with Crippen molar-refractivity contribution in [2.45, 2.75) is 44.9 Å². The number of benzene rings is 1. The highest BCUT2D eigenvalue weighted by Gasteiger charge is 2.32. The van der Waals surface area contributed by atoms with Crippen LogP contribution in [0.25, 0.3) is 0 Å². The van der Waals surface area contributed by atoms with Gasteiger partial charge in [0.2, 0.25) is 0 Å². The molecular weight excluding hydrogens is 251 g/mol. The van der Waals surface area contributed by atoms with E-state index in [0.29, 0.717) is 19.0 Å². The lowest BCUT2D eigenvalue weighted by Gasteiger charge is -2.28. The summed E-state index contributed by atoms with van der Waals surface area (Å²) in [6.07, 6.45) is 6.75. The molecule has 19 heavy (non-hydrogen) atoms. The molecule has 1 saturated carbocycles. The predicted octanol–water partition coefficient (Wildman–Crippen LogP) is 3.95. The zero-order valence-electron chi connectivity index (χ0n) is 11.0. The minimum atomic E-state index is -1.13.